The number of hydrogen-bond donors (Lipinski definition) is 2. The number of hydrogen-bond acceptors (Lipinski definition) is 7. The second-order valence-corrected chi connectivity index (χ2v) is 10.4. The van der Waals surface area contributed by atoms with Crippen molar-refractivity contribution in [3.05, 3.63) is 78.0 Å². The van der Waals surface area contributed by atoms with Crippen LogP contribution in [0.25, 0.3) is 11.1 Å². The normalized spacial score (nSPS) is 13.5. The standard InChI is InChI=1S/C26H29N3O5S.2ClH/c1-35(31,32)29-26(30)21-7-5-19(6-8-21)17-33-24-4-2-3-22(15-24)23-9-10-25(28-16-23)34-18-20-11-13-27-14-12-20;;/h2-10,15-16,20,27H,11-14,17-18H2,1H3,(H,29,30);2*1H. The summed E-state index contributed by atoms with van der Waals surface area (Å²) < 4.78 is 36.2. The van der Waals surface area contributed by atoms with Crippen LogP contribution in [0.5, 0.6) is 11.6 Å². The number of pyridine rings is 1. The van der Waals surface area contributed by atoms with E-state index in [1.807, 2.05) is 41.1 Å². The van der Waals surface area contributed by atoms with Crippen molar-refractivity contribution >= 4 is 40.7 Å². The van der Waals surface area contributed by atoms with Gasteiger partial charge in [0.1, 0.15) is 12.4 Å². The van der Waals surface area contributed by atoms with E-state index in [0.29, 0.717) is 30.8 Å². The number of halogens is 2. The molecule has 3 aromatic rings. The van der Waals surface area contributed by atoms with Crippen molar-refractivity contribution in [1.29, 1.82) is 0 Å². The zero-order valence-corrected chi connectivity index (χ0v) is 22.8. The Morgan fingerprint density at radius 1 is 1.00 bits per heavy atom. The van der Waals surface area contributed by atoms with E-state index >= 15 is 0 Å². The summed E-state index contributed by atoms with van der Waals surface area (Å²) in [6.45, 7) is 3.10. The molecule has 0 aliphatic carbocycles. The Balaban J connectivity index is 0.00000241. The van der Waals surface area contributed by atoms with Crippen LogP contribution in [0.15, 0.2) is 66.9 Å². The van der Waals surface area contributed by atoms with Gasteiger partial charge in [-0.2, -0.15) is 0 Å². The average Bonchev–Trinajstić information content (AvgIpc) is 2.87. The molecule has 1 fully saturated rings. The topological polar surface area (TPSA) is 107 Å². The number of benzene rings is 2. The van der Waals surface area contributed by atoms with Gasteiger partial charge in [-0.3, -0.25) is 4.79 Å². The van der Waals surface area contributed by atoms with Gasteiger partial charge in [-0.05, 0) is 73.3 Å². The highest BCUT2D eigenvalue weighted by Gasteiger charge is 2.14. The minimum absolute atomic E-state index is 0. The van der Waals surface area contributed by atoms with E-state index in [2.05, 4.69) is 10.3 Å². The van der Waals surface area contributed by atoms with Gasteiger partial charge in [0.25, 0.3) is 5.91 Å². The number of nitrogens with zero attached hydrogens (tertiary/aromatic N) is 1. The van der Waals surface area contributed by atoms with Crippen LogP contribution < -0.4 is 19.5 Å². The van der Waals surface area contributed by atoms with E-state index in [0.717, 1.165) is 48.9 Å². The molecular formula is C26H31Cl2N3O5S. The highest BCUT2D eigenvalue weighted by atomic mass is 35.5. The summed E-state index contributed by atoms with van der Waals surface area (Å²) >= 11 is 0. The first-order chi connectivity index (χ1) is 16.9. The third-order valence-corrected chi connectivity index (χ3v) is 6.29. The van der Waals surface area contributed by atoms with Gasteiger partial charge in [-0.1, -0.05) is 24.3 Å². The molecule has 0 radical (unpaired) electrons. The van der Waals surface area contributed by atoms with Crippen LogP contribution in [0.1, 0.15) is 28.8 Å². The summed E-state index contributed by atoms with van der Waals surface area (Å²) in [5.74, 6) is 1.25. The molecule has 2 N–H and O–H groups in total. The molecule has 0 spiro atoms. The molecule has 2 heterocycles. The van der Waals surface area contributed by atoms with Crippen molar-refractivity contribution in [3.8, 4) is 22.8 Å². The maximum Gasteiger partial charge on any atom is 0.264 e. The zero-order chi connectivity index (χ0) is 24.7. The van der Waals surface area contributed by atoms with Crippen LogP contribution in [-0.4, -0.2) is 45.3 Å². The minimum Gasteiger partial charge on any atom is -0.489 e. The number of aromatic nitrogens is 1. The summed E-state index contributed by atoms with van der Waals surface area (Å²) in [5, 5.41) is 3.36. The second-order valence-electron chi connectivity index (χ2n) is 8.61. The number of carbonyl (C=O) groups excluding carboxylic acids is 1. The number of rotatable bonds is 9. The molecule has 0 bridgehead atoms. The molecule has 1 saturated heterocycles. The molecular weight excluding hydrogens is 537 g/mol. The Labute approximate surface area is 230 Å². The molecule has 2 aromatic carbocycles. The SMILES string of the molecule is CS(=O)(=O)NC(=O)c1ccc(COc2cccc(-c3ccc(OCC4CCNCC4)nc3)c2)cc1.Cl.Cl. The van der Waals surface area contributed by atoms with Crippen molar-refractivity contribution in [2.75, 3.05) is 26.0 Å². The molecule has 0 unspecified atom stereocenters. The van der Waals surface area contributed by atoms with Crippen molar-refractivity contribution in [3.63, 3.8) is 0 Å². The monoisotopic (exact) mass is 567 g/mol. The molecule has 1 aromatic heterocycles. The van der Waals surface area contributed by atoms with Crippen LogP contribution in [0.4, 0.5) is 0 Å². The first kappa shape index (κ1) is 30.4. The Morgan fingerprint density at radius 3 is 2.38 bits per heavy atom. The molecule has 11 heteroatoms. The summed E-state index contributed by atoms with van der Waals surface area (Å²) in [5.41, 5.74) is 3.05. The first-order valence-corrected chi connectivity index (χ1v) is 13.4. The molecule has 4 rings (SSSR count). The molecule has 8 nitrogen and oxygen atoms in total. The highest BCUT2D eigenvalue weighted by Crippen LogP contribution is 2.25. The minimum atomic E-state index is -3.60. The number of carbonyl (C=O) groups is 1. The summed E-state index contributed by atoms with van der Waals surface area (Å²) in [6.07, 6.45) is 5.01. The van der Waals surface area contributed by atoms with E-state index in [4.69, 9.17) is 9.47 Å². The molecule has 1 aliphatic heterocycles. The Kier molecular flexibility index (Phi) is 11.6. The van der Waals surface area contributed by atoms with Gasteiger partial charge in [0.2, 0.25) is 15.9 Å². The van der Waals surface area contributed by atoms with E-state index in [-0.39, 0.29) is 30.4 Å². The molecule has 0 saturated carbocycles. The lowest BCUT2D eigenvalue weighted by Crippen LogP contribution is -2.30. The van der Waals surface area contributed by atoms with Crippen LogP contribution in [-0.2, 0) is 16.6 Å². The molecule has 0 atom stereocenters. The van der Waals surface area contributed by atoms with Crippen LogP contribution >= 0.6 is 24.8 Å². The van der Waals surface area contributed by atoms with Gasteiger partial charge >= 0.3 is 0 Å². The quantitative estimate of drug-likeness (QED) is 0.398. The van der Waals surface area contributed by atoms with Crippen molar-refractivity contribution in [2.24, 2.45) is 5.92 Å². The third-order valence-electron chi connectivity index (χ3n) is 5.73. The second kappa shape index (κ2) is 14.2. The fourth-order valence-corrected chi connectivity index (χ4v) is 4.25. The molecule has 1 aliphatic rings. The lowest BCUT2D eigenvalue weighted by Gasteiger charge is -2.22. The summed E-state index contributed by atoms with van der Waals surface area (Å²) in [6, 6.07) is 18.2. The van der Waals surface area contributed by atoms with Crippen LogP contribution in [0, 0.1) is 5.92 Å². The van der Waals surface area contributed by atoms with Crippen LogP contribution in [0.3, 0.4) is 0 Å². The lowest BCUT2D eigenvalue weighted by atomic mass is 9.99. The van der Waals surface area contributed by atoms with E-state index in [1.54, 1.807) is 30.5 Å². The number of amides is 1. The molecule has 37 heavy (non-hydrogen) atoms. The number of piperidine rings is 1. The summed E-state index contributed by atoms with van der Waals surface area (Å²) in [4.78, 5) is 16.4. The van der Waals surface area contributed by atoms with Gasteiger partial charge < -0.3 is 14.8 Å². The summed E-state index contributed by atoms with van der Waals surface area (Å²) in [7, 11) is -3.60. The van der Waals surface area contributed by atoms with Crippen molar-refractivity contribution in [1.82, 2.24) is 15.0 Å². The zero-order valence-electron chi connectivity index (χ0n) is 20.4. The van der Waals surface area contributed by atoms with Crippen LogP contribution in [0.2, 0.25) is 0 Å². The van der Waals surface area contributed by atoms with Gasteiger partial charge in [-0.25, -0.2) is 18.1 Å². The van der Waals surface area contributed by atoms with Gasteiger partial charge in [0.15, 0.2) is 0 Å². The molecule has 200 valence electrons. The fourth-order valence-electron chi connectivity index (χ4n) is 3.80. The van der Waals surface area contributed by atoms with Gasteiger partial charge in [-0.15, -0.1) is 24.8 Å². The van der Waals surface area contributed by atoms with E-state index < -0.39 is 15.9 Å². The fraction of sp³-hybridized carbons (Fsp3) is 0.308. The third kappa shape index (κ3) is 9.51. The molecule has 1 amide bonds. The predicted molar refractivity (Wildman–Crippen MR) is 148 cm³/mol. The Morgan fingerprint density at radius 2 is 1.73 bits per heavy atom. The highest BCUT2D eigenvalue weighted by molar-refractivity contribution is 7.89. The number of ether oxygens (including phenoxy) is 2. The maximum atomic E-state index is 11.9. The Hall–Kier alpha value is -2.85. The van der Waals surface area contributed by atoms with Crippen molar-refractivity contribution < 1.29 is 22.7 Å². The van der Waals surface area contributed by atoms with E-state index in [1.165, 1.54) is 0 Å². The van der Waals surface area contributed by atoms with Gasteiger partial charge in [0, 0.05) is 23.4 Å². The number of nitrogens with one attached hydrogen (secondary N) is 2. The van der Waals surface area contributed by atoms with Crippen molar-refractivity contribution in [2.45, 2.75) is 19.4 Å². The average molecular weight is 569 g/mol. The number of sulfonamides is 1. The van der Waals surface area contributed by atoms with E-state index in [9.17, 15) is 13.2 Å². The largest absolute Gasteiger partial charge is 0.489 e. The van der Waals surface area contributed by atoms with Gasteiger partial charge in [0.05, 0.1) is 12.9 Å². The predicted octanol–water partition coefficient (Wildman–Crippen LogP) is 4.24. The maximum absolute atomic E-state index is 11.9. The smallest absolute Gasteiger partial charge is 0.264 e. The first-order valence-electron chi connectivity index (χ1n) is 11.5. The Bertz CT molecular complexity index is 1250. The lowest BCUT2D eigenvalue weighted by molar-refractivity contribution is 0.0981.